The van der Waals surface area contributed by atoms with E-state index in [1.54, 1.807) is 12.1 Å². The van der Waals surface area contributed by atoms with E-state index in [4.69, 9.17) is 0 Å². The van der Waals surface area contributed by atoms with Crippen molar-refractivity contribution in [1.82, 2.24) is 5.32 Å². The molecule has 0 bridgehead atoms. The highest BCUT2D eigenvalue weighted by atomic mass is 19.1. The summed E-state index contributed by atoms with van der Waals surface area (Å²) in [5.74, 6) is 0.440. The fourth-order valence-corrected chi connectivity index (χ4v) is 2.55. The Morgan fingerprint density at radius 1 is 1.27 bits per heavy atom. The minimum atomic E-state index is -0.0992. The predicted octanol–water partition coefficient (Wildman–Crippen LogP) is 2.99. The van der Waals surface area contributed by atoms with Gasteiger partial charge in [0.1, 0.15) is 5.82 Å². The monoisotopic (exact) mass is 207 g/mol. The van der Waals surface area contributed by atoms with Gasteiger partial charge >= 0.3 is 0 Å². The van der Waals surface area contributed by atoms with E-state index in [0.717, 1.165) is 12.0 Å². The Morgan fingerprint density at radius 2 is 2.07 bits per heavy atom. The van der Waals surface area contributed by atoms with Gasteiger partial charge in [0.25, 0.3) is 0 Å². The molecule has 1 saturated carbocycles. The zero-order valence-corrected chi connectivity index (χ0v) is 9.39. The lowest BCUT2D eigenvalue weighted by molar-refractivity contribution is 0.569. The topological polar surface area (TPSA) is 12.0 Å². The number of benzene rings is 1. The lowest BCUT2D eigenvalue weighted by Crippen LogP contribution is -2.21. The number of rotatable bonds is 2. The summed E-state index contributed by atoms with van der Waals surface area (Å²) in [4.78, 5) is 0. The molecule has 2 atom stereocenters. The molecule has 1 aromatic carbocycles. The van der Waals surface area contributed by atoms with Crippen LogP contribution in [0.15, 0.2) is 18.2 Å². The van der Waals surface area contributed by atoms with Crippen LogP contribution in [0.4, 0.5) is 4.39 Å². The van der Waals surface area contributed by atoms with Gasteiger partial charge in [-0.2, -0.15) is 0 Å². The highest BCUT2D eigenvalue weighted by Gasteiger charge is 2.24. The second kappa shape index (κ2) is 4.31. The van der Waals surface area contributed by atoms with Gasteiger partial charge in [0.05, 0.1) is 0 Å². The lowest BCUT2D eigenvalue weighted by Gasteiger charge is -2.12. The van der Waals surface area contributed by atoms with Crippen LogP contribution in [0.1, 0.15) is 36.3 Å². The second-order valence-corrected chi connectivity index (χ2v) is 4.56. The van der Waals surface area contributed by atoms with E-state index in [1.807, 2.05) is 14.0 Å². The highest BCUT2D eigenvalue weighted by molar-refractivity contribution is 5.27. The van der Waals surface area contributed by atoms with Gasteiger partial charge in [0, 0.05) is 6.04 Å². The Kier molecular flexibility index (Phi) is 3.06. The van der Waals surface area contributed by atoms with Crippen molar-refractivity contribution < 1.29 is 4.39 Å². The Labute approximate surface area is 90.7 Å². The molecule has 1 aliphatic rings. The Hall–Kier alpha value is -0.890. The van der Waals surface area contributed by atoms with E-state index in [9.17, 15) is 4.39 Å². The van der Waals surface area contributed by atoms with Crippen LogP contribution < -0.4 is 5.32 Å². The van der Waals surface area contributed by atoms with Crippen molar-refractivity contribution in [3.8, 4) is 0 Å². The standard InChI is InChI=1S/C13H18FN/c1-9-5-11(7-12(14)6-9)10-3-4-13(8-10)15-2/h5-7,10,13,15H,3-4,8H2,1-2H3. The van der Waals surface area contributed by atoms with Crippen LogP contribution in [0.5, 0.6) is 0 Å². The fourth-order valence-electron chi connectivity index (χ4n) is 2.55. The molecule has 1 aliphatic carbocycles. The first-order valence-electron chi connectivity index (χ1n) is 5.63. The molecule has 1 N–H and O–H groups in total. The number of nitrogens with one attached hydrogen (secondary N) is 1. The minimum absolute atomic E-state index is 0.0992. The first-order valence-corrected chi connectivity index (χ1v) is 5.63. The molecule has 1 aromatic rings. The van der Waals surface area contributed by atoms with E-state index < -0.39 is 0 Å². The molecule has 0 radical (unpaired) electrons. The molecule has 0 heterocycles. The van der Waals surface area contributed by atoms with Crippen LogP contribution in [-0.4, -0.2) is 13.1 Å². The Morgan fingerprint density at radius 3 is 2.67 bits per heavy atom. The Balaban J connectivity index is 2.16. The summed E-state index contributed by atoms with van der Waals surface area (Å²) in [6.45, 7) is 1.96. The van der Waals surface area contributed by atoms with Gasteiger partial charge in [-0.05, 0) is 62.4 Å². The quantitative estimate of drug-likeness (QED) is 0.786. The number of hydrogen-bond donors (Lipinski definition) is 1. The van der Waals surface area contributed by atoms with Crippen molar-refractivity contribution in [3.05, 3.63) is 35.1 Å². The molecular weight excluding hydrogens is 189 g/mol. The fraction of sp³-hybridized carbons (Fsp3) is 0.538. The summed E-state index contributed by atoms with van der Waals surface area (Å²) < 4.78 is 13.2. The number of aryl methyl sites for hydroxylation is 1. The molecule has 0 aliphatic heterocycles. The van der Waals surface area contributed by atoms with Crippen LogP contribution in [-0.2, 0) is 0 Å². The molecule has 0 spiro atoms. The number of halogens is 1. The third-order valence-electron chi connectivity index (χ3n) is 3.38. The van der Waals surface area contributed by atoms with Gasteiger partial charge in [-0.15, -0.1) is 0 Å². The summed E-state index contributed by atoms with van der Waals surface area (Å²) in [5, 5.41) is 3.30. The van der Waals surface area contributed by atoms with Crippen molar-refractivity contribution in [1.29, 1.82) is 0 Å². The van der Waals surface area contributed by atoms with Crippen LogP contribution >= 0.6 is 0 Å². The third-order valence-corrected chi connectivity index (χ3v) is 3.38. The largest absolute Gasteiger partial charge is 0.317 e. The van der Waals surface area contributed by atoms with E-state index in [1.165, 1.54) is 18.4 Å². The predicted molar refractivity (Wildman–Crippen MR) is 60.6 cm³/mol. The first kappa shape index (κ1) is 10.6. The molecule has 1 fully saturated rings. The molecule has 0 amide bonds. The molecule has 2 rings (SSSR count). The van der Waals surface area contributed by atoms with Crippen molar-refractivity contribution >= 4 is 0 Å². The first-order chi connectivity index (χ1) is 7.19. The Bertz CT molecular complexity index is 328. The molecule has 15 heavy (non-hydrogen) atoms. The summed E-state index contributed by atoms with van der Waals surface area (Å²) in [6.07, 6.45) is 3.52. The molecule has 1 nitrogen and oxygen atoms in total. The van der Waals surface area contributed by atoms with Crippen molar-refractivity contribution in [2.24, 2.45) is 0 Å². The zero-order chi connectivity index (χ0) is 10.8. The van der Waals surface area contributed by atoms with Gasteiger partial charge < -0.3 is 5.32 Å². The van der Waals surface area contributed by atoms with Gasteiger partial charge in [-0.3, -0.25) is 0 Å². The van der Waals surface area contributed by atoms with E-state index >= 15 is 0 Å². The van der Waals surface area contributed by atoms with Crippen LogP contribution in [0.3, 0.4) is 0 Å². The van der Waals surface area contributed by atoms with Crippen LogP contribution in [0.2, 0.25) is 0 Å². The van der Waals surface area contributed by atoms with Gasteiger partial charge in [0.2, 0.25) is 0 Å². The number of hydrogen-bond acceptors (Lipinski definition) is 1. The van der Waals surface area contributed by atoms with Crippen molar-refractivity contribution in [2.75, 3.05) is 7.05 Å². The highest BCUT2D eigenvalue weighted by Crippen LogP contribution is 2.34. The molecular formula is C13H18FN. The SMILES string of the molecule is CNC1CCC(c2cc(C)cc(F)c2)C1. The zero-order valence-electron chi connectivity index (χ0n) is 9.39. The van der Waals surface area contributed by atoms with Crippen LogP contribution in [0.25, 0.3) is 0 Å². The maximum atomic E-state index is 13.2. The lowest BCUT2D eigenvalue weighted by atomic mass is 9.96. The average Bonchev–Trinajstić information content (AvgIpc) is 2.64. The maximum Gasteiger partial charge on any atom is 0.123 e. The van der Waals surface area contributed by atoms with E-state index in [0.29, 0.717) is 12.0 Å². The molecule has 2 heteroatoms. The average molecular weight is 207 g/mol. The minimum Gasteiger partial charge on any atom is -0.317 e. The summed E-state index contributed by atoms with van der Waals surface area (Å²) in [6, 6.07) is 6.01. The molecule has 0 saturated heterocycles. The third kappa shape index (κ3) is 2.37. The maximum absolute atomic E-state index is 13.2. The molecule has 0 aromatic heterocycles. The van der Waals surface area contributed by atoms with Gasteiger partial charge in [0.15, 0.2) is 0 Å². The van der Waals surface area contributed by atoms with E-state index in [2.05, 4.69) is 11.4 Å². The normalized spacial score (nSPS) is 25.8. The van der Waals surface area contributed by atoms with Gasteiger partial charge in [-0.25, -0.2) is 4.39 Å². The van der Waals surface area contributed by atoms with Gasteiger partial charge in [-0.1, -0.05) is 6.07 Å². The van der Waals surface area contributed by atoms with Crippen molar-refractivity contribution in [3.63, 3.8) is 0 Å². The molecule has 82 valence electrons. The smallest absolute Gasteiger partial charge is 0.123 e. The van der Waals surface area contributed by atoms with Crippen molar-refractivity contribution in [2.45, 2.75) is 38.1 Å². The summed E-state index contributed by atoms with van der Waals surface area (Å²) >= 11 is 0. The summed E-state index contributed by atoms with van der Waals surface area (Å²) in [5.41, 5.74) is 2.20. The molecule has 2 unspecified atom stereocenters. The van der Waals surface area contributed by atoms with E-state index in [-0.39, 0.29) is 5.82 Å². The second-order valence-electron chi connectivity index (χ2n) is 4.56. The summed E-state index contributed by atoms with van der Waals surface area (Å²) in [7, 11) is 2.00. The van der Waals surface area contributed by atoms with Crippen LogP contribution in [0, 0.1) is 12.7 Å².